The van der Waals surface area contributed by atoms with Gasteiger partial charge < -0.3 is 9.64 Å². The number of hydrogen-bond acceptors (Lipinski definition) is 3. The van der Waals surface area contributed by atoms with Crippen LogP contribution in [0.1, 0.15) is 36.9 Å². The van der Waals surface area contributed by atoms with E-state index in [0.29, 0.717) is 5.92 Å². The Morgan fingerprint density at radius 2 is 2.06 bits per heavy atom. The molecular weight excluding hydrogens is 212 g/mol. The molecule has 2 rings (SSSR count). The third-order valence-electron chi connectivity index (χ3n) is 3.72. The Balaban J connectivity index is 2.08. The lowest BCUT2D eigenvalue weighted by molar-refractivity contribution is 0.220. The van der Waals surface area contributed by atoms with Gasteiger partial charge in [-0.3, -0.25) is 0 Å². The van der Waals surface area contributed by atoms with Gasteiger partial charge >= 0.3 is 0 Å². The molecule has 2 heterocycles. The molecule has 1 aliphatic heterocycles. The Hall–Kier alpha value is -1.09. The lowest BCUT2D eigenvalue weighted by Crippen LogP contribution is -2.32. The maximum Gasteiger partial charge on any atom is 0.216 e. The van der Waals surface area contributed by atoms with Crippen molar-refractivity contribution in [2.24, 2.45) is 0 Å². The zero-order valence-electron chi connectivity index (χ0n) is 11.1. The predicted molar refractivity (Wildman–Crippen MR) is 69.6 cm³/mol. The third kappa shape index (κ3) is 2.78. The number of pyridine rings is 1. The number of hydrogen-bond donors (Lipinski definition) is 0. The van der Waals surface area contributed by atoms with Gasteiger partial charge in [-0.2, -0.15) is 0 Å². The van der Waals surface area contributed by atoms with Crippen molar-refractivity contribution in [1.82, 2.24) is 9.88 Å². The summed E-state index contributed by atoms with van der Waals surface area (Å²) in [6, 6.07) is 4.28. The van der Waals surface area contributed by atoms with Crippen LogP contribution in [-0.4, -0.2) is 36.6 Å². The number of aryl methyl sites for hydroxylation is 1. The molecule has 0 radical (unpaired) electrons. The highest BCUT2D eigenvalue weighted by molar-refractivity contribution is 5.28. The molecule has 3 heteroatoms. The second kappa shape index (κ2) is 5.50. The Morgan fingerprint density at radius 3 is 2.65 bits per heavy atom. The SMILES string of the molecule is CCN1CCC(c2ccc(C)c(OC)n2)CC1. The zero-order chi connectivity index (χ0) is 12.3. The lowest BCUT2D eigenvalue weighted by atomic mass is 9.93. The van der Waals surface area contributed by atoms with Crippen LogP contribution in [0.3, 0.4) is 0 Å². The fourth-order valence-corrected chi connectivity index (χ4v) is 2.50. The zero-order valence-corrected chi connectivity index (χ0v) is 11.1. The monoisotopic (exact) mass is 234 g/mol. The summed E-state index contributed by atoms with van der Waals surface area (Å²) in [7, 11) is 1.69. The molecule has 1 aliphatic rings. The van der Waals surface area contributed by atoms with Crippen LogP contribution in [0.4, 0.5) is 0 Å². The average molecular weight is 234 g/mol. The molecule has 0 saturated carbocycles. The molecule has 94 valence electrons. The Bertz CT molecular complexity index is 370. The molecule has 1 aromatic heterocycles. The van der Waals surface area contributed by atoms with Gasteiger partial charge in [0, 0.05) is 17.2 Å². The highest BCUT2D eigenvalue weighted by atomic mass is 16.5. The van der Waals surface area contributed by atoms with Crippen molar-refractivity contribution in [2.75, 3.05) is 26.7 Å². The second-order valence-electron chi connectivity index (χ2n) is 4.77. The van der Waals surface area contributed by atoms with Crippen molar-refractivity contribution in [2.45, 2.75) is 32.6 Å². The van der Waals surface area contributed by atoms with E-state index in [1.807, 2.05) is 6.92 Å². The molecule has 0 bridgehead atoms. The summed E-state index contributed by atoms with van der Waals surface area (Å²) in [6.45, 7) is 7.82. The van der Waals surface area contributed by atoms with E-state index < -0.39 is 0 Å². The van der Waals surface area contributed by atoms with Gasteiger partial charge in [-0.05, 0) is 45.5 Å². The molecule has 0 N–H and O–H groups in total. The summed E-state index contributed by atoms with van der Waals surface area (Å²) in [5.74, 6) is 1.38. The van der Waals surface area contributed by atoms with Crippen LogP contribution in [0.25, 0.3) is 0 Å². The van der Waals surface area contributed by atoms with Crippen LogP contribution < -0.4 is 4.74 Å². The maximum atomic E-state index is 5.30. The molecule has 1 saturated heterocycles. The van der Waals surface area contributed by atoms with Crippen LogP contribution in [0.5, 0.6) is 5.88 Å². The molecule has 0 atom stereocenters. The summed E-state index contributed by atoms with van der Waals surface area (Å²) < 4.78 is 5.30. The van der Waals surface area contributed by atoms with E-state index in [1.165, 1.54) is 31.6 Å². The molecule has 17 heavy (non-hydrogen) atoms. The fourth-order valence-electron chi connectivity index (χ4n) is 2.50. The maximum absolute atomic E-state index is 5.30. The van der Waals surface area contributed by atoms with Crippen molar-refractivity contribution in [3.63, 3.8) is 0 Å². The van der Waals surface area contributed by atoms with Crippen LogP contribution >= 0.6 is 0 Å². The summed E-state index contributed by atoms with van der Waals surface area (Å²) in [5, 5.41) is 0. The van der Waals surface area contributed by atoms with Gasteiger partial charge in [0.25, 0.3) is 0 Å². The van der Waals surface area contributed by atoms with Crippen LogP contribution in [0.15, 0.2) is 12.1 Å². The molecule has 0 aliphatic carbocycles. The van der Waals surface area contributed by atoms with Crippen LogP contribution in [0.2, 0.25) is 0 Å². The Labute approximate surface area is 104 Å². The smallest absolute Gasteiger partial charge is 0.216 e. The molecule has 0 amide bonds. The normalized spacial score (nSPS) is 18.3. The van der Waals surface area contributed by atoms with E-state index in [0.717, 1.165) is 18.0 Å². The van der Waals surface area contributed by atoms with Crippen molar-refractivity contribution in [1.29, 1.82) is 0 Å². The summed E-state index contributed by atoms with van der Waals surface area (Å²) in [6.07, 6.45) is 2.43. The largest absolute Gasteiger partial charge is 0.481 e. The lowest BCUT2D eigenvalue weighted by Gasteiger charge is -2.30. The minimum atomic E-state index is 0.604. The van der Waals surface area contributed by atoms with Crippen molar-refractivity contribution >= 4 is 0 Å². The number of likely N-dealkylation sites (tertiary alicyclic amines) is 1. The van der Waals surface area contributed by atoms with E-state index in [2.05, 4.69) is 28.9 Å². The number of rotatable bonds is 3. The first-order valence-corrected chi connectivity index (χ1v) is 6.48. The minimum absolute atomic E-state index is 0.604. The van der Waals surface area contributed by atoms with E-state index in [9.17, 15) is 0 Å². The summed E-state index contributed by atoms with van der Waals surface area (Å²) in [4.78, 5) is 7.13. The molecule has 0 aromatic carbocycles. The minimum Gasteiger partial charge on any atom is -0.481 e. The number of nitrogens with zero attached hydrogens (tertiary/aromatic N) is 2. The Morgan fingerprint density at radius 1 is 1.35 bits per heavy atom. The van der Waals surface area contributed by atoms with Gasteiger partial charge in [0.05, 0.1) is 7.11 Å². The van der Waals surface area contributed by atoms with Gasteiger partial charge in [0.15, 0.2) is 0 Å². The summed E-state index contributed by atoms with van der Waals surface area (Å²) in [5.41, 5.74) is 2.31. The van der Waals surface area contributed by atoms with E-state index in [4.69, 9.17) is 4.74 Å². The van der Waals surface area contributed by atoms with Gasteiger partial charge in [-0.15, -0.1) is 0 Å². The quantitative estimate of drug-likeness (QED) is 0.804. The van der Waals surface area contributed by atoms with Crippen LogP contribution in [0, 0.1) is 6.92 Å². The van der Waals surface area contributed by atoms with Crippen molar-refractivity contribution in [3.05, 3.63) is 23.4 Å². The first-order valence-electron chi connectivity index (χ1n) is 6.48. The number of ether oxygens (including phenoxy) is 1. The first kappa shape index (κ1) is 12.4. The molecular formula is C14H22N2O. The standard InChI is InChI=1S/C14H22N2O/c1-4-16-9-7-12(8-10-16)13-6-5-11(2)14(15-13)17-3/h5-6,12H,4,7-10H2,1-3H3. The average Bonchev–Trinajstić information content (AvgIpc) is 2.39. The molecule has 0 spiro atoms. The van der Waals surface area contributed by atoms with Gasteiger partial charge in [-0.1, -0.05) is 13.0 Å². The van der Waals surface area contributed by atoms with E-state index in [1.54, 1.807) is 7.11 Å². The second-order valence-corrected chi connectivity index (χ2v) is 4.77. The summed E-state index contributed by atoms with van der Waals surface area (Å²) >= 11 is 0. The molecule has 3 nitrogen and oxygen atoms in total. The molecule has 0 unspecified atom stereocenters. The van der Waals surface area contributed by atoms with Gasteiger partial charge in [0.1, 0.15) is 0 Å². The van der Waals surface area contributed by atoms with Crippen molar-refractivity contribution in [3.8, 4) is 5.88 Å². The van der Waals surface area contributed by atoms with Crippen LogP contribution in [-0.2, 0) is 0 Å². The van der Waals surface area contributed by atoms with Gasteiger partial charge in [-0.25, -0.2) is 4.98 Å². The molecule has 1 fully saturated rings. The first-order chi connectivity index (χ1) is 8.24. The topological polar surface area (TPSA) is 25.4 Å². The molecule has 1 aromatic rings. The Kier molecular flexibility index (Phi) is 4.00. The number of aromatic nitrogens is 1. The van der Waals surface area contributed by atoms with Crippen molar-refractivity contribution < 1.29 is 4.74 Å². The highest BCUT2D eigenvalue weighted by Crippen LogP contribution is 2.28. The fraction of sp³-hybridized carbons (Fsp3) is 0.643. The van der Waals surface area contributed by atoms with E-state index in [-0.39, 0.29) is 0 Å². The third-order valence-corrected chi connectivity index (χ3v) is 3.72. The van der Waals surface area contributed by atoms with Gasteiger partial charge in [0.2, 0.25) is 5.88 Å². The predicted octanol–water partition coefficient (Wildman–Crippen LogP) is 2.60. The highest BCUT2D eigenvalue weighted by Gasteiger charge is 2.21. The number of piperidine rings is 1. The number of methoxy groups -OCH3 is 1. The van der Waals surface area contributed by atoms with E-state index >= 15 is 0 Å².